The zero-order chi connectivity index (χ0) is 19.5. The number of rotatable bonds is 6. The summed E-state index contributed by atoms with van der Waals surface area (Å²) >= 11 is 0. The van der Waals surface area contributed by atoms with E-state index in [0.717, 1.165) is 31.9 Å². The van der Waals surface area contributed by atoms with E-state index < -0.39 is 0 Å². The fourth-order valence-corrected chi connectivity index (χ4v) is 4.18. The summed E-state index contributed by atoms with van der Waals surface area (Å²) < 4.78 is 4.35. The van der Waals surface area contributed by atoms with Crippen LogP contribution in [0, 0.1) is 0 Å². The number of fused-ring (bicyclic) bond motifs is 1. The van der Waals surface area contributed by atoms with Crippen LogP contribution < -0.4 is 5.32 Å². The van der Waals surface area contributed by atoms with Crippen LogP contribution in [0.15, 0.2) is 79.6 Å². The molecule has 0 bridgehead atoms. The van der Waals surface area contributed by atoms with Crippen LogP contribution in [0.25, 0.3) is 11.1 Å². The summed E-state index contributed by atoms with van der Waals surface area (Å²) in [6.07, 6.45) is 12.0. The van der Waals surface area contributed by atoms with E-state index in [1.807, 2.05) is 24.9 Å². The van der Waals surface area contributed by atoms with Gasteiger partial charge in [-0.15, -0.1) is 0 Å². The second-order valence-electron chi connectivity index (χ2n) is 7.64. The molecule has 29 heavy (non-hydrogen) atoms. The minimum atomic E-state index is 0.323. The molecule has 0 spiro atoms. The Morgan fingerprint density at radius 2 is 1.90 bits per heavy atom. The molecule has 0 saturated heterocycles. The highest BCUT2D eigenvalue weighted by molar-refractivity contribution is 5.67. The molecule has 4 aromatic rings. The summed E-state index contributed by atoms with van der Waals surface area (Å²) in [4.78, 5) is 8.68. The van der Waals surface area contributed by atoms with E-state index in [2.05, 4.69) is 79.1 Å². The van der Waals surface area contributed by atoms with Gasteiger partial charge in [-0.25, -0.2) is 9.97 Å². The number of hydrogen-bond donors (Lipinski definition) is 1. The van der Waals surface area contributed by atoms with Crippen LogP contribution in [-0.4, -0.2) is 19.1 Å². The van der Waals surface area contributed by atoms with Crippen LogP contribution in [-0.2, 0) is 19.6 Å². The monoisotopic (exact) mass is 383 g/mol. The van der Waals surface area contributed by atoms with Crippen molar-refractivity contribution in [2.75, 3.05) is 0 Å². The Labute approximate surface area is 171 Å². The van der Waals surface area contributed by atoms with E-state index in [0.29, 0.717) is 6.04 Å². The predicted octanol–water partition coefficient (Wildman–Crippen LogP) is 4.42. The minimum Gasteiger partial charge on any atom is -0.334 e. The van der Waals surface area contributed by atoms with Crippen molar-refractivity contribution in [3.05, 3.63) is 96.6 Å². The van der Waals surface area contributed by atoms with E-state index in [4.69, 9.17) is 0 Å². The zero-order valence-corrected chi connectivity index (χ0v) is 16.4. The lowest BCUT2D eigenvalue weighted by Crippen LogP contribution is -2.28. The van der Waals surface area contributed by atoms with Crippen LogP contribution >= 0.6 is 0 Å². The van der Waals surface area contributed by atoms with Crippen LogP contribution in [0.1, 0.15) is 35.8 Å². The largest absolute Gasteiger partial charge is 0.334 e. The Morgan fingerprint density at radius 1 is 1.00 bits per heavy atom. The molecule has 3 heterocycles. The molecular weight excluding hydrogens is 358 g/mol. The summed E-state index contributed by atoms with van der Waals surface area (Å²) in [5.41, 5.74) is 5.13. The Balaban J connectivity index is 1.32. The molecule has 0 aliphatic carbocycles. The molecule has 0 fully saturated rings. The number of nitrogens with zero attached hydrogens (tertiary/aromatic N) is 4. The molecule has 0 saturated carbocycles. The van der Waals surface area contributed by atoms with Crippen molar-refractivity contribution in [2.45, 2.75) is 38.5 Å². The summed E-state index contributed by atoms with van der Waals surface area (Å²) in [7, 11) is 0. The number of aryl methyl sites for hydroxylation is 1. The van der Waals surface area contributed by atoms with Crippen LogP contribution in [0.2, 0.25) is 0 Å². The van der Waals surface area contributed by atoms with Crippen molar-refractivity contribution in [1.29, 1.82) is 0 Å². The standard InChI is InChI=1S/C24H25N5/c1-2-5-22(20-9-7-19(8-10-20)17-28-14-11-25-18-28)21(4-1)16-27-23-6-3-13-29-15-12-26-24(23)29/h1-2,4-5,7-12,14-15,18,23,27H,3,6,13,16-17H2. The summed E-state index contributed by atoms with van der Waals surface area (Å²) in [6, 6.07) is 17.8. The van der Waals surface area contributed by atoms with Gasteiger partial charge in [0.1, 0.15) is 5.82 Å². The Kier molecular flexibility index (Phi) is 4.97. The molecule has 0 radical (unpaired) electrons. The molecule has 0 amide bonds. The van der Waals surface area contributed by atoms with Gasteiger partial charge in [0.2, 0.25) is 0 Å². The third-order valence-electron chi connectivity index (χ3n) is 5.70. The number of aromatic nitrogens is 4. The molecule has 146 valence electrons. The van der Waals surface area contributed by atoms with Crippen molar-refractivity contribution in [3.8, 4) is 11.1 Å². The molecule has 1 atom stereocenters. The topological polar surface area (TPSA) is 47.7 Å². The van der Waals surface area contributed by atoms with E-state index in [9.17, 15) is 0 Å². The fraction of sp³-hybridized carbons (Fsp3) is 0.250. The lowest BCUT2D eigenvalue weighted by atomic mass is 9.98. The van der Waals surface area contributed by atoms with Gasteiger partial charge in [-0.2, -0.15) is 0 Å². The molecule has 1 unspecified atom stereocenters. The van der Waals surface area contributed by atoms with Gasteiger partial charge in [0.25, 0.3) is 0 Å². The molecule has 1 N–H and O–H groups in total. The smallest absolute Gasteiger partial charge is 0.125 e. The fourth-order valence-electron chi connectivity index (χ4n) is 4.18. The summed E-state index contributed by atoms with van der Waals surface area (Å²) in [6.45, 7) is 2.76. The first-order chi connectivity index (χ1) is 14.4. The van der Waals surface area contributed by atoms with E-state index in [-0.39, 0.29) is 0 Å². The third-order valence-corrected chi connectivity index (χ3v) is 5.70. The third kappa shape index (κ3) is 3.87. The second kappa shape index (κ2) is 8.05. The Bertz CT molecular complexity index is 1060. The number of hydrogen-bond acceptors (Lipinski definition) is 3. The van der Waals surface area contributed by atoms with Crippen molar-refractivity contribution < 1.29 is 0 Å². The van der Waals surface area contributed by atoms with Gasteiger partial charge in [-0.05, 0) is 35.1 Å². The summed E-state index contributed by atoms with van der Waals surface area (Å²) in [5.74, 6) is 1.16. The maximum absolute atomic E-state index is 4.57. The molecule has 5 rings (SSSR count). The predicted molar refractivity (Wildman–Crippen MR) is 114 cm³/mol. The van der Waals surface area contributed by atoms with E-state index in [1.165, 1.54) is 28.7 Å². The Hall–Kier alpha value is -3.18. The van der Waals surface area contributed by atoms with Crippen molar-refractivity contribution in [2.24, 2.45) is 0 Å². The highest BCUT2D eigenvalue weighted by Gasteiger charge is 2.21. The van der Waals surface area contributed by atoms with Gasteiger partial charge in [-0.3, -0.25) is 0 Å². The lowest BCUT2D eigenvalue weighted by molar-refractivity contribution is 0.385. The van der Waals surface area contributed by atoms with E-state index in [1.54, 1.807) is 0 Å². The normalized spacial score (nSPS) is 15.9. The highest BCUT2D eigenvalue weighted by Crippen LogP contribution is 2.27. The van der Waals surface area contributed by atoms with Gasteiger partial charge in [0, 0.05) is 44.4 Å². The first-order valence-electron chi connectivity index (χ1n) is 10.2. The second-order valence-corrected chi connectivity index (χ2v) is 7.64. The molecular formula is C24H25N5. The molecule has 1 aliphatic rings. The number of benzene rings is 2. The first kappa shape index (κ1) is 17.9. The van der Waals surface area contributed by atoms with Crippen molar-refractivity contribution in [1.82, 2.24) is 24.4 Å². The molecule has 2 aromatic carbocycles. The van der Waals surface area contributed by atoms with Crippen molar-refractivity contribution >= 4 is 0 Å². The van der Waals surface area contributed by atoms with Gasteiger partial charge in [0.15, 0.2) is 0 Å². The van der Waals surface area contributed by atoms with Crippen LogP contribution in [0.5, 0.6) is 0 Å². The van der Waals surface area contributed by atoms with Crippen molar-refractivity contribution in [3.63, 3.8) is 0 Å². The number of imidazole rings is 2. The minimum absolute atomic E-state index is 0.323. The summed E-state index contributed by atoms with van der Waals surface area (Å²) in [5, 5.41) is 3.74. The maximum Gasteiger partial charge on any atom is 0.125 e. The number of nitrogens with one attached hydrogen (secondary N) is 1. The molecule has 5 nitrogen and oxygen atoms in total. The molecule has 2 aromatic heterocycles. The van der Waals surface area contributed by atoms with Gasteiger partial charge in [0.05, 0.1) is 12.4 Å². The maximum atomic E-state index is 4.57. The van der Waals surface area contributed by atoms with Gasteiger partial charge in [-0.1, -0.05) is 48.5 Å². The molecule has 5 heteroatoms. The SMILES string of the molecule is c1ccc(-c2ccc(Cn3ccnc3)cc2)c(CNC2CCCn3ccnc32)c1. The quantitative estimate of drug-likeness (QED) is 0.536. The lowest BCUT2D eigenvalue weighted by Gasteiger charge is -2.25. The average molecular weight is 383 g/mol. The van der Waals surface area contributed by atoms with Gasteiger partial charge < -0.3 is 14.5 Å². The van der Waals surface area contributed by atoms with E-state index >= 15 is 0 Å². The van der Waals surface area contributed by atoms with Gasteiger partial charge >= 0.3 is 0 Å². The van der Waals surface area contributed by atoms with Crippen LogP contribution in [0.3, 0.4) is 0 Å². The molecule has 1 aliphatic heterocycles. The average Bonchev–Trinajstić information content (AvgIpc) is 3.45. The van der Waals surface area contributed by atoms with Crippen LogP contribution in [0.4, 0.5) is 0 Å². The highest BCUT2D eigenvalue weighted by atomic mass is 15.1. The Morgan fingerprint density at radius 3 is 2.76 bits per heavy atom. The zero-order valence-electron chi connectivity index (χ0n) is 16.4. The first-order valence-corrected chi connectivity index (χ1v) is 10.2.